The third-order valence-electron chi connectivity index (χ3n) is 5.10. The van der Waals surface area contributed by atoms with E-state index in [0.29, 0.717) is 12.3 Å². The van der Waals surface area contributed by atoms with Crippen molar-refractivity contribution >= 4 is 11.8 Å². The Bertz CT molecular complexity index is 838. The van der Waals surface area contributed by atoms with Crippen LogP contribution in [0.25, 0.3) is 0 Å². The van der Waals surface area contributed by atoms with Gasteiger partial charge in [0, 0.05) is 13.6 Å². The van der Waals surface area contributed by atoms with Crippen LogP contribution < -0.4 is 10.1 Å². The molecule has 0 bridgehead atoms. The Morgan fingerprint density at radius 1 is 1.07 bits per heavy atom. The highest BCUT2D eigenvalue weighted by Gasteiger charge is 2.26. The smallest absolute Gasteiger partial charge is 0.261 e. The summed E-state index contributed by atoms with van der Waals surface area (Å²) in [5.74, 6) is 0.195. The topological polar surface area (TPSA) is 58.6 Å². The summed E-state index contributed by atoms with van der Waals surface area (Å²) >= 11 is 0. The summed E-state index contributed by atoms with van der Waals surface area (Å²) in [6.07, 6.45) is 0. The number of benzene rings is 2. The number of nitrogens with zero attached hydrogens (tertiary/aromatic N) is 1. The van der Waals surface area contributed by atoms with Crippen molar-refractivity contribution in [1.82, 2.24) is 10.2 Å². The molecule has 0 unspecified atom stereocenters. The van der Waals surface area contributed by atoms with E-state index >= 15 is 0 Å². The number of amides is 2. The van der Waals surface area contributed by atoms with Crippen molar-refractivity contribution in [2.45, 2.75) is 52.6 Å². The highest BCUT2D eigenvalue weighted by atomic mass is 16.5. The number of nitrogens with one attached hydrogen (secondary N) is 1. The van der Waals surface area contributed by atoms with Gasteiger partial charge in [0.2, 0.25) is 5.91 Å². The van der Waals surface area contributed by atoms with E-state index in [1.54, 1.807) is 18.9 Å². The molecule has 2 aromatic rings. The first kappa shape index (κ1) is 22.5. The third-order valence-corrected chi connectivity index (χ3v) is 5.10. The molecule has 1 N–H and O–H groups in total. The minimum atomic E-state index is -0.598. The van der Waals surface area contributed by atoms with E-state index in [9.17, 15) is 9.59 Å². The van der Waals surface area contributed by atoms with Crippen LogP contribution in [0.1, 0.15) is 44.4 Å². The van der Waals surface area contributed by atoms with E-state index in [4.69, 9.17) is 4.74 Å². The Labute approximate surface area is 174 Å². The van der Waals surface area contributed by atoms with Gasteiger partial charge in [0.15, 0.2) is 6.61 Å². The summed E-state index contributed by atoms with van der Waals surface area (Å²) in [6.45, 7) is 10.4. The maximum Gasteiger partial charge on any atom is 0.261 e. The Balaban J connectivity index is 2.12. The third kappa shape index (κ3) is 6.08. The van der Waals surface area contributed by atoms with Gasteiger partial charge >= 0.3 is 0 Å². The molecule has 0 fully saturated rings. The molecule has 0 heterocycles. The van der Waals surface area contributed by atoms with Crippen molar-refractivity contribution in [3.05, 3.63) is 65.2 Å². The van der Waals surface area contributed by atoms with Crippen LogP contribution in [-0.2, 0) is 21.5 Å². The normalized spacial score (nSPS) is 12.2. The van der Waals surface area contributed by atoms with Gasteiger partial charge in [-0.2, -0.15) is 0 Å². The van der Waals surface area contributed by atoms with Crippen molar-refractivity contribution in [3.63, 3.8) is 0 Å². The number of hydrogen-bond donors (Lipinski definition) is 1. The summed E-state index contributed by atoms with van der Waals surface area (Å²) in [4.78, 5) is 26.7. The molecule has 2 amide bonds. The van der Waals surface area contributed by atoms with Gasteiger partial charge in [-0.15, -0.1) is 0 Å². The lowest BCUT2D eigenvalue weighted by Gasteiger charge is -2.29. The molecule has 5 nitrogen and oxygen atoms in total. The lowest BCUT2D eigenvalue weighted by Crippen LogP contribution is -2.48. The first-order chi connectivity index (χ1) is 13.6. The van der Waals surface area contributed by atoms with Gasteiger partial charge in [0.1, 0.15) is 11.8 Å². The second-order valence-electron chi connectivity index (χ2n) is 8.30. The van der Waals surface area contributed by atoms with Gasteiger partial charge < -0.3 is 15.0 Å². The van der Waals surface area contributed by atoms with Gasteiger partial charge in [-0.25, -0.2) is 0 Å². The predicted octanol–water partition coefficient (Wildman–Crippen LogP) is 3.83. The van der Waals surface area contributed by atoms with Crippen LogP contribution in [-0.4, -0.2) is 36.4 Å². The molecule has 2 rings (SSSR count). The molecule has 0 saturated heterocycles. The molecule has 0 aliphatic rings. The summed E-state index contributed by atoms with van der Waals surface area (Å²) in [5.41, 5.74) is 3.34. The van der Waals surface area contributed by atoms with Crippen LogP contribution >= 0.6 is 0 Å². The van der Waals surface area contributed by atoms with Crippen molar-refractivity contribution in [2.75, 3.05) is 13.7 Å². The number of likely N-dealkylation sites (N-methyl/N-ethyl adjacent to an activating group) is 1. The van der Waals surface area contributed by atoms with Crippen LogP contribution in [0.2, 0.25) is 0 Å². The molecule has 0 spiro atoms. The van der Waals surface area contributed by atoms with Crippen LogP contribution in [0.3, 0.4) is 0 Å². The minimum Gasteiger partial charge on any atom is -0.484 e. The molecule has 2 aromatic carbocycles. The van der Waals surface area contributed by atoms with E-state index in [2.05, 4.69) is 26.1 Å². The number of rotatable bonds is 7. The predicted molar refractivity (Wildman–Crippen MR) is 116 cm³/mol. The summed E-state index contributed by atoms with van der Waals surface area (Å²) < 4.78 is 5.73. The van der Waals surface area contributed by atoms with E-state index in [1.807, 2.05) is 55.5 Å². The molecule has 0 saturated carbocycles. The number of aryl methyl sites for hydroxylation is 1. The van der Waals surface area contributed by atoms with E-state index in [-0.39, 0.29) is 23.8 Å². The molecule has 0 aliphatic heterocycles. The van der Waals surface area contributed by atoms with Crippen LogP contribution in [0.15, 0.2) is 48.5 Å². The van der Waals surface area contributed by atoms with E-state index < -0.39 is 6.04 Å². The first-order valence-electron chi connectivity index (χ1n) is 9.92. The molecule has 0 aromatic heterocycles. The van der Waals surface area contributed by atoms with Crippen molar-refractivity contribution in [3.8, 4) is 5.75 Å². The van der Waals surface area contributed by atoms with Gasteiger partial charge in [-0.05, 0) is 48.1 Å². The fraction of sp³-hybridized carbons (Fsp3) is 0.417. The fourth-order valence-corrected chi connectivity index (χ4v) is 3.04. The van der Waals surface area contributed by atoms with Crippen molar-refractivity contribution in [2.24, 2.45) is 0 Å². The standard InChI is InChI=1S/C24H32N2O3/c1-17-9-7-8-10-19(17)15-26(18(2)23(28)25-6)22(27)16-29-21-13-11-20(12-14-21)24(3,4)5/h7-14,18H,15-16H2,1-6H3,(H,25,28)/t18-/m0/s1. The fourth-order valence-electron chi connectivity index (χ4n) is 3.04. The summed E-state index contributed by atoms with van der Waals surface area (Å²) in [6, 6.07) is 15.0. The highest BCUT2D eigenvalue weighted by Crippen LogP contribution is 2.24. The lowest BCUT2D eigenvalue weighted by molar-refractivity contribution is -0.142. The number of carbonyl (C=O) groups is 2. The Kier molecular flexibility index (Phi) is 7.43. The maximum absolute atomic E-state index is 12.9. The molecule has 0 aliphatic carbocycles. The molecule has 5 heteroatoms. The van der Waals surface area contributed by atoms with E-state index in [1.165, 1.54) is 5.56 Å². The monoisotopic (exact) mass is 396 g/mol. The summed E-state index contributed by atoms with van der Waals surface area (Å²) in [5, 5.41) is 2.62. The van der Waals surface area contributed by atoms with Gasteiger partial charge in [-0.3, -0.25) is 9.59 Å². The average molecular weight is 397 g/mol. The highest BCUT2D eigenvalue weighted by molar-refractivity contribution is 5.87. The Morgan fingerprint density at radius 3 is 2.24 bits per heavy atom. The van der Waals surface area contributed by atoms with Crippen molar-refractivity contribution in [1.29, 1.82) is 0 Å². The van der Waals surface area contributed by atoms with Gasteiger partial charge in [0.25, 0.3) is 5.91 Å². The molecule has 1 atom stereocenters. The molecule has 156 valence electrons. The number of ether oxygens (including phenoxy) is 1. The van der Waals surface area contributed by atoms with Gasteiger partial charge in [-0.1, -0.05) is 57.2 Å². The second-order valence-corrected chi connectivity index (χ2v) is 8.30. The van der Waals surface area contributed by atoms with Gasteiger partial charge in [0.05, 0.1) is 0 Å². The molecular weight excluding hydrogens is 364 g/mol. The van der Waals surface area contributed by atoms with Crippen LogP contribution in [0, 0.1) is 6.92 Å². The number of carbonyl (C=O) groups excluding carboxylic acids is 2. The maximum atomic E-state index is 12.9. The van der Waals surface area contributed by atoms with Crippen LogP contribution in [0.5, 0.6) is 5.75 Å². The zero-order chi connectivity index (χ0) is 21.6. The zero-order valence-electron chi connectivity index (χ0n) is 18.3. The average Bonchev–Trinajstić information content (AvgIpc) is 2.70. The molecular formula is C24H32N2O3. The second kappa shape index (κ2) is 9.59. The Morgan fingerprint density at radius 2 is 1.69 bits per heavy atom. The molecule has 29 heavy (non-hydrogen) atoms. The molecule has 0 radical (unpaired) electrons. The lowest BCUT2D eigenvalue weighted by atomic mass is 9.87. The number of hydrogen-bond acceptors (Lipinski definition) is 3. The first-order valence-corrected chi connectivity index (χ1v) is 9.92. The van der Waals surface area contributed by atoms with Crippen LogP contribution in [0.4, 0.5) is 0 Å². The Hall–Kier alpha value is -2.82. The van der Waals surface area contributed by atoms with E-state index in [0.717, 1.165) is 11.1 Å². The SMILES string of the molecule is CNC(=O)[C@H](C)N(Cc1ccccc1C)C(=O)COc1ccc(C(C)(C)C)cc1. The largest absolute Gasteiger partial charge is 0.484 e. The van der Waals surface area contributed by atoms with Crippen molar-refractivity contribution < 1.29 is 14.3 Å². The summed E-state index contributed by atoms with van der Waals surface area (Å²) in [7, 11) is 1.57. The zero-order valence-corrected chi connectivity index (χ0v) is 18.3. The quantitative estimate of drug-likeness (QED) is 0.774. The minimum absolute atomic E-state index is 0.0572.